The summed E-state index contributed by atoms with van der Waals surface area (Å²) in [5.74, 6) is -2.86. The number of ether oxygens (including phenoxy) is 1. The smallest absolute Gasteiger partial charge is 0.219 e. The Bertz CT molecular complexity index is 591. The first-order valence-electron chi connectivity index (χ1n) is 6.44. The van der Waals surface area contributed by atoms with Gasteiger partial charge in [-0.05, 0) is 19.9 Å². The molecule has 0 aliphatic carbocycles. The molecule has 0 atom stereocenters. The quantitative estimate of drug-likeness (QED) is 0.607. The van der Waals surface area contributed by atoms with Crippen LogP contribution in [0.4, 0.5) is 13.2 Å². The number of hydrogen-bond acceptors (Lipinski definition) is 2. The average Bonchev–Trinajstić information content (AvgIpc) is 2.62. The van der Waals surface area contributed by atoms with Crippen LogP contribution in [0.5, 0.6) is 0 Å². The summed E-state index contributed by atoms with van der Waals surface area (Å²) >= 11 is 0. The van der Waals surface area contributed by atoms with Gasteiger partial charge in [0.25, 0.3) is 0 Å². The summed E-state index contributed by atoms with van der Waals surface area (Å²) in [4.78, 5) is 4.23. The highest BCUT2D eigenvalue weighted by atomic mass is 28.3. The minimum Gasteiger partial charge on any atom is -0.475 e. The van der Waals surface area contributed by atoms with E-state index in [1.807, 2.05) is 13.8 Å². The summed E-state index contributed by atoms with van der Waals surface area (Å²) in [5, 5.41) is -0.150. The van der Waals surface area contributed by atoms with Gasteiger partial charge in [-0.1, -0.05) is 19.6 Å². The van der Waals surface area contributed by atoms with E-state index in [4.69, 9.17) is 4.74 Å². The lowest BCUT2D eigenvalue weighted by Crippen LogP contribution is -2.44. The van der Waals surface area contributed by atoms with Crippen LogP contribution in [0.3, 0.4) is 0 Å². The van der Waals surface area contributed by atoms with E-state index < -0.39 is 31.1 Å². The van der Waals surface area contributed by atoms with Crippen molar-refractivity contribution < 1.29 is 17.9 Å². The SMILES string of the molecule is CC1(C)COC(c2cc(F)c(F)c([Si](C)(C)C)c2F)=N1. The summed E-state index contributed by atoms with van der Waals surface area (Å²) < 4.78 is 47.6. The van der Waals surface area contributed by atoms with Crippen molar-refractivity contribution in [3.05, 3.63) is 29.1 Å². The molecule has 1 heterocycles. The third-order valence-electron chi connectivity index (χ3n) is 3.10. The van der Waals surface area contributed by atoms with Crippen LogP contribution in [0.1, 0.15) is 19.4 Å². The Morgan fingerprint density at radius 3 is 2.20 bits per heavy atom. The first-order valence-corrected chi connectivity index (χ1v) is 9.94. The first-order chi connectivity index (χ1) is 9.03. The highest BCUT2D eigenvalue weighted by molar-refractivity contribution is 6.88. The molecular formula is C14H18F3NOSi. The maximum Gasteiger partial charge on any atom is 0.219 e. The highest BCUT2D eigenvalue weighted by Gasteiger charge is 2.34. The van der Waals surface area contributed by atoms with Gasteiger partial charge in [0.05, 0.1) is 19.2 Å². The minimum atomic E-state index is -2.37. The van der Waals surface area contributed by atoms with E-state index in [9.17, 15) is 13.2 Å². The molecule has 0 spiro atoms. The highest BCUT2D eigenvalue weighted by Crippen LogP contribution is 2.24. The lowest BCUT2D eigenvalue weighted by atomic mass is 10.1. The molecular weight excluding hydrogens is 283 g/mol. The fraction of sp³-hybridized carbons (Fsp3) is 0.500. The third-order valence-corrected chi connectivity index (χ3v) is 5.04. The predicted molar refractivity (Wildman–Crippen MR) is 75.9 cm³/mol. The van der Waals surface area contributed by atoms with Crippen LogP contribution in [0.25, 0.3) is 0 Å². The van der Waals surface area contributed by atoms with Crippen LogP contribution >= 0.6 is 0 Å². The zero-order chi connectivity index (χ0) is 15.3. The largest absolute Gasteiger partial charge is 0.475 e. The Kier molecular flexibility index (Phi) is 3.48. The number of rotatable bonds is 2. The van der Waals surface area contributed by atoms with E-state index in [0.717, 1.165) is 6.07 Å². The second-order valence-electron chi connectivity index (χ2n) is 6.68. The summed E-state index contributed by atoms with van der Waals surface area (Å²) in [7, 11) is -2.37. The lowest BCUT2D eigenvalue weighted by molar-refractivity contribution is 0.278. The molecule has 0 N–H and O–H groups in total. The van der Waals surface area contributed by atoms with E-state index in [0.29, 0.717) is 6.61 Å². The van der Waals surface area contributed by atoms with Crippen molar-refractivity contribution in [1.82, 2.24) is 0 Å². The van der Waals surface area contributed by atoms with Gasteiger partial charge in [-0.2, -0.15) is 0 Å². The normalized spacial score (nSPS) is 17.9. The third kappa shape index (κ3) is 2.61. The van der Waals surface area contributed by atoms with Gasteiger partial charge in [-0.25, -0.2) is 18.2 Å². The standard InChI is InChI=1S/C14H18F3NOSi/c1-14(2)7-19-13(18-14)8-6-9(15)11(17)12(10(8)16)20(3,4)5/h6H,7H2,1-5H3. The Hall–Kier alpha value is -1.30. The molecule has 20 heavy (non-hydrogen) atoms. The van der Waals surface area contributed by atoms with Crippen LogP contribution in [-0.2, 0) is 4.74 Å². The summed E-state index contributed by atoms with van der Waals surface area (Å²) in [6.07, 6.45) is 0. The fourth-order valence-electron chi connectivity index (χ4n) is 2.14. The van der Waals surface area contributed by atoms with Crippen LogP contribution < -0.4 is 5.19 Å². The van der Waals surface area contributed by atoms with Crippen molar-refractivity contribution in [2.24, 2.45) is 4.99 Å². The second-order valence-corrected chi connectivity index (χ2v) is 11.7. The van der Waals surface area contributed by atoms with Crippen molar-refractivity contribution in [2.45, 2.75) is 39.0 Å². The molecule has 1 aliphatic rings. The van der Waals surface area contributed by atoms with E-state index in [1.54, 1.807) is 19.6 Å². The zero-order valence-corrected chi connectivity index (χ0v) is 13.3. The van der Waals surface area contributed by atoms with Gasteiger partial charge >= 0.3 is 0 Å². The molecule has 0 saturated heterocycles. The predicted octanol–water partition coefficient (Wildman–Crippen LogP) is 3.20. The molecule has 2 nitrogen and oxygen atoms in total. The molecule has 2 rings (SSSR count). The van der Waals surface area contributed by atoms with Crippen molar-refractivity contribution in [1.29, 1.82) is 0 Å². The molecule has 0 aromatic heterocycles. The number of aliphatic imine (C=N–C) groups is 1. The van der Waals surface area contributed by atoms with Crippen LogP contribution in [0.15, 0.2) is 11.1 Å². The van der Waals surface area contributed by atoms with E-state index in [2.05, 4.69) is 4.99 Å². The van der Waals surface area contributed by atoms with E-state index in [-0.39, 0.29) is 16.6 Å². The summed E-state index contributed by atoms with van der Waals surface area (Å²) in [6.45, 7) is 9.24. The van der Waals surface area contributed by atoms with Crippen molar-refractivity contribution >= 4 is 19.2 Å². The summed E-state index contributed by atoms with van der Waals surface area (Å²) in [5.41, 5.74) is -0.571. The Morgan fingerprint density at radius 1 is 1.15 bits per heavy atom. The Labute approximate surface area is 117 Å². The molecule has 110 valence electrons. The average molecular weight is 301 g/mol. The molecule has 0 unspecified atom stereocenters. The molecule has 0 amide bonds. The Balaban J connectivity index is 2.66. The molecule has 0 radical (unpaired) electrons. The second kappa shape index (κ2) is 4.61. The number of hydrogen-bond donors (Lipinski definition) is 0. The van der Waals surface area contributed by atoms with Crippen LogP contribution in [-0.4, -0.2) is 26.1 Å². The molecule has 1 aliphatic heterocycles. The maximum atomic E-state index is 14.6. The van der Waals surface area contributed by atoms with Crippen LogP contribution in [0.2, 0.25) is 19.6 Å². The van der Waals surface area contributed by atoms with Crippen molar-refractivity contribution in [2.75, 3.05) is 6.61 Å². The summed E-state index contributed by atoms with van der Waals surface area (Å²) in [6, 6.07) is 0.828. The molecule has 1 aromatic rings. The van der Waals surface area contributed by atoms with Crippen molar-refractivity contribution in [3.8, 4) is 0 Å². The Morgan fingerprint density at radius 2 is 1.75 bits per heavy atom. The molecule has 1 aromatic carbocycles. The van der Waals surface area contributed by atoms with Gasteiger partial charge in [-0.3, -0.25) is 0 Å². The number of nitrogens with zero attached hydrogens (tertiary/aromatic N) is 1. The lowest BCUT2D eigenvalue weighted by Gasteiger charge is -2.20. The maximum absolute atomic E-state index is 14.6. The first kappa shape index (κ1) is 15.1. The van der Waals surface area contributed by atoms with Crippen LogP contribution in [0, 0.1) is 17.5 Å². The van der Waals surface area contributed by atoms with E-state index in [1.165, 1.54) is 0 Å². The minimum absolute atomic E-state index is 0.0471. The number of benzene rings is 1. The van der Waals surface area contributed by atoms with Gasteiger partial charge in [-0.15, -0.1) is 0 Å². The van der Waals surface area contributed by atoms with Gasteiger partial charge in [0.1, 0.15) is 12.4 Å². The number of halogens is 3. The van der Waals surface area contributed by atoms with Gasteiger partial charge in [0.2, 0.25) is 5.90 Å². The van der Waals surface area contributed by atoms with Gasteiger partial charge < -0.3 is 4.74 Å². The van der Waals surface area contributed by atoms with Crippen molar-refractivity contribution in [3.63, 3.8) is 0 Å². The van der Waals surface area contributed by atoms with Gasteiger partial charge in [0.15, 0.2) is 11.6 Å². The topological polar surface area (TPSA) is 21.6 Å². The van der Waals surface area contributed by atoms with Gasteiger partial charge in [0, 0.05) is 5.19 Å². The fourth-order valence-corrected chi connectivity index (χ4v) is 3.71. The molecule has 0 bridgehead atoms. The monoisotopic (exact) mass is 301 g/mol. The molecule has 0 saturated carbocycles. The van der Waals surface area contributed by atoms with E-state index >= 15 is 0 Å². The molecule has 0 fully saturated rings. The zero-order valence-electron chi connectivity index (χ0n) is 12.3. The molecule has 6 heteroatoms.